The summed E-state index contributed by atoms with van der Waals surface area (Å²) in [6, 6.07) is 29.3. The van der Waals surface area contributed by atoms with Crippen LogP contribution in [-0.2, 0) is 0 Å². The molecule has 0 fully saturated rings. The summed E-state index contributed by atoms with van der Waals surface area (Å²) in [5.74, 6) is 0.657. The maximum atomic E-state index is 4.03. The minimum Gasteiger partial charge on any atom is -0.309 e. The van der Waals surface area contributed by atoms with Crippen molar-refractivity contribution in [3.8, 4) is 28.3 Å². The summed E-state index contributed by atoms with van der Waals surface area (Å²) >= 11 is 0. The molecule has 0 unspecified atom stereocenters. The second-order valence-corrected chi connectivity index (χ2v) is 6.09. The van der Waals surface area contributed by atoms with Gasteiger partial charge in [-0.25, -0.2) is 5.10 Å². The van der Waals surface area contributed by atoms with Crippen LogP contribution in [0.4, 0.5) is 0 Å². The van der Waals surface area contributed by atoms with Crippen LogP contribution in [0.15, 0.2) is 84.9 Å². The van der Waals surface area contributed by atoms with Crippen LogP contribution < -0.4 is 0 Å². The molecule has 0 aliphatic heterocycles. The molecule has 0 radical (unpaired) electrons. The normalized spacial score (nSPS) is 11.1. The van der Waals surface area contributed by atoms with Crippen molar-refractivity contribution in [2.75, 3.05) is 0 Å². The average molecular weight is 337 g/mol. The summed E-state index contributed by atoms with van der Waals surface area (Å²) in [5, 5.41) is 15.4. The van der Waals surface area contributed by atoms with Crippen molar-refractivity contribution in [2.24, 2.45) is 0 Å². The summed E-state index contributed by atoms with van der Waals surface area (Å²) in [6.45, 7) is 0. The molecule has 0 bridgehead atoms. The van der Waals surface area contributed by atoms with Gasteiger partial charge in [0.05, 0.1) is 11.2 Å². The van der Waals surface area contributed by atoms with E-state index in [1.807, 2.05) is 18.2 Å². The summed E-state index contributed by atoms with van der Waals surface area (Å²) in [4.78, 5) is 0. The van der Waals surface area contributed by atoms with Crippen molar-refractivity contribution < 1.29 is 0 Å². The number of para-hydroxylation sites is 1. The summed E-state index contributed by atoms with van der Waals surface area (Å²) in [5.41, 5.74) is 5.51. The highest BCUT2D eigenvalue weighted by molar-refractivity contribution is 5.89. The number of aromatic nitrogens is 5. The van der Waals surface area contributed by atoms with E-state index in [9.17, 15) is 0 Å². The first-order valence-electron chi connectivity index (χ1n) is 8.40. The van der Waals surface area contributed by atoms with Gasteiger partial charge in [-0.2, -0.15) is 0 Å². The fraction of sp³-hybridized carbons (Fsp3) is 0. The van der Waals surface area contributed by atoms with Crippen LogP contribution in [0.1, 0.15) is 0 Å². The van der Waals surface area contributed by atoms with Gasteiger partial charge in [0.2, 0.25) is 0 Å². The highest BCUT2D eigenvalue weighted by atomic mass is 15.5. The van der Waals surface area contributed by atoms with Gasteiger partial charge in [0, 0.05) is 16.6 Å². The second kappa shape index (κ2) is 5.97. The van der Waals surface area contributed by atoms with E-state index in [4.69, 9.17) is 0 Å². The Morgan fingerprint density at radius 3 is 2.38 bits per heavy atom. The van der Waals surface area contributed by atoms with Gasteiger partial charge in [-0.15, -0.1) is 5.10 Å². The Hall–Kier alpha value is -3.73. The first kappa shape index (κ1) is 14.6. The van der Waals surface area contributed by atoms with Gasteiger partial charge in [0.15, 0.2) is 5.82 Å². The summed E-state index contributed by atoms with van der Waals surface area (Å²) in [7, 11) is 0. The van der Waals surface area contributed by atoms with E-state index < -0.39 is 0 Å². The minimum absolute atomic E-state index is 0.657. The Morgan fingerprint density at radius 2 is 1.54 bits per heavy atom. The molecule has 0 amide bonds. The molecule has 2 aromatic heterocycles. The number of H-pyrrole nitrogens is 1. The molecule has 5 rings (SSSR count). The van der Waals surface area contributed by atoms with E-state index in [1.54, 1.807) is 0 Å². The van der Waals surface area contributed by atoms with Gasteiger partial charge in [-0.1, -0.05) is 60.7 Å². The molecule has 2 heterocycles. The standard InChI is InChI=1S/C21H15N5/c1-2-7-15(8-3-1)20-14-16-9-4-5-12-19(16)26(20)18-11-6-10-17(13-18)21-22-24-25-23-21/h1-14H,(H,22,23,24,25). The number of benzene rings is 3. The zero-order valence-electron chi connectivity index (χ0n) is 13.9. The number of hydrogen-bond acceptors (Lipinski definition) is 3. The second-order valence-electron chi connectivity index (χ2n) is 6.09. The van der Waals surface area contributed by atoms with Crippen LogP contribution in [0.5, 0.6) is 0 Å². The molecule has 5 aromatic rings. The van der Waals surface area contributed by atoms with E-state index in [-0.39, 0.29) is 0 Å². The zero-order valence-corrected chi connectivity index (χ0v) is 13.9. The molecule has 0 aliphatic rings. The van der Waals surface area contributed by atoms with Crippen LogP contribution in [0.2, 0.25) is 0 Å². The predicted octanol–water partition coefficient (Wildman–Crippen LogP) is 4.48. The first-order chi connectivity index (χ1) is 12.9. The van der Waals surface area contributed by atoms with Gasteiger partial charge >= 0.3 is 0 Å². The molecular weight excluding hydrogens is 322 g/mol. The molecule has 1 N–H and O–H groups in total. The fourth-order valence-electron chi connectivity index (χ4n) is 3.33. The Balaban J connectivity index is 1.78. The lowest BCUT2D eigenvalue weighted by atomic mass is 10.1. The lowest BCUT2D eigenvalue weighted by Gasteiger charge is -2.12. The van der Waals surface area contributed by atoms with E-state index in [0.29, 0.717) is 5.82 Å². The maximum Gasteiger partial charge on any atom is 0.179 e. The Morgan fingerprint density at radius 1 is 0.731 bits per heavy atom. The monoisotopic (exact) mass is 337 g/mol. The minimum atomic E-state index is 0.657. The van der Waals surface area contributed by atoms with Gasteiger partial charge in [0.25, 0.3) is 0 Å². The number of fused-ring (bicyclic) bond motifs is 1. The number of tetrazole rings is 1. The third-order valence-corrected chi connectivity index (χ3v) is 4.50. The lowest BCUT2D eigenvalue weighted by molar-refractivity contribution is 0.881. The molecule has 3 aromatic carbocycles. The highest BCUT2D eigenvalue weighted by Crippen LogP contribution is 2.32. The quantitative estimate of drug-likeness (QED) is 0.528. The van der Waals surface area contributed by atoms with Crippen LogP contribution in [0, 0.1) is 0 Å². The van der Waals surface area contributed by atoms with E-state index in [1.165, 1.54) is 16.5 Å². The van der Waals surface area contributed by atoms with Crippen molar-refractivity contribution in [3.63, 3.8) is 0 Å². The zero-order chi connectivity index (χ0) is 17.3. The number of aromatic amines is 1. The van der Waals surface area contributed by atoms with Gasteiger partial charge in [-0.3, -0.25) is 0 Å². The largest absolute Gasteiger partial charge is 0.309 e. The number of rotatable bonds is 3. The molecule has 0 spiro atoms. The Labute approximate surface area is 149 Å². The van der Waals surface area contributed by atoms with Crippen molar-refractivity contribution >= 4 is 10.9 Å². The third kappa shape index (κ3) is 2.38. The van der Waals surface area contributed by atoms with Crippen molar-refractivity contribution in [1.29, 1.82) is 0 Å². The van der Waals surface area contributed by atoms with Gasteiger partial charge in [-0.05, 0) is 40.3 Å². The van der Waals surface area contributed by atoms with Crippen LogP contribution in [0.25, 0.3) is 39.2 Å². The highest BCUT2D eigenvalue weighted by Gasteiger charge is 2.13. The van der Waals surface area contributed by atoms with E-state index >= 15 is 0 Å². The number of nitrogens with one attached hydrogen (secondary N) is 1. The van der Waals surface area contributed by atoms with E-state index in [2.05, 4.69) is 91.9 Å². The van der Waals surface area contributed by atoms with E-state index in [0.717, 1.165) is 16.9 Å². The van der Waals surface area contributed by atoms with Crippen molar-refractivity contribution in [3.05, 3.63) is 84.9 Å². The Bertz CT molecular complexity index is 1170. The fourth-order valence-corrected chi connectivity index (χ4v) is 3.33. The van der Waals surface area contributed by atoms with Crippen LogP contribution >= 0.6 is 0 Å². The molecule has 0 saturated carbocycles. The van der Waals surface area contributed by atoms with Crippen LogP contribution in [0.3, 0.4) is 0 Å². The Kier molecular flexibility index (Phi) is 3.35. The molecule has 0 atom stereocenters. The molecular formula is C21H15N5. The molecule has 0 aliphatic carbocycles. The topological polar surface area (TPSA) is 59.4 Å². The molecule has 26 heavy (non-hydrogen) atoms. The van der Waals surface area contributed by atoms with Gasteiger partial charge in [0.1, 0.15) is 0 Å². The average Bonchev–Trinajstić information content (AvgIpc) is 3.37. The van der Waals surface area contributed by atoms with Crippen molar-refractivity contribution in [1.82, 2.24) is 25.2 Å². The van der Waals surface area contributed by atoms with Crippen molar-refractivity contribution in [2.45, 2.75) is 0 Å². The third-order valence-electron chi connectivity index (χ3n) is 4.50. The molecule has 5 nitrogen and oxygen atoms in total. The van der Waals surface area contributed by atoms with Gasteiger partial charge < -0.3 is 4.57 Å². The maximum absolute atomic E-state index is 4.03. The molecule has 5 heteroatoms. The molecule has 0 saturated heterocycles. The first-order valence-corrected chi connectivity index (χ1v) is 8.40. The number of hydrogen-bond donors (Lipinski definition) is 1. The predicted molar refractivity (Wildman–Crippen MR) is 102 cm³/mol. The molecule has 124 valence electrons. The smallest absolute Gasteiger partial charge is 0.179 e. The number of nitrogens with zero attached hydrogens (tertiary/aromatic N) is 4. The SMILES string of the molecule is c1ccc(-c2cc3ccccc3n2-c2cccc(-c3nnn[nH]3)c2)cc1. The summed E-state index contributed by atoms with van der Waals surface area (Å²) in [6.07, 6.45) is 0. The lowest BCUT2D eigenvalue weighted by Crippen LogP contribution is -1.97. The summed E-state index contributed by atoms with van der Waals surface area (Å²) < 4.78 is 2.28. The van der Waals surface area contributed by atoms with Crippen LogP contribution in [-0.4, -0.2) is 25.2 Å².